The van der Waals surface area contributed by atoms with Gasteiger partial charge >= 0.3 is 0 Å². The quantitative estimate of drug-likeness (QED) is 0.612. The summed E-state index contributed by atoms with van der Waals surface area (Å²) in [6, 6.07) is 7.76. The first kappa shape index (κ1) is 11.3. The Morgan fingerprint density at radius 2 is 2.24 bits per heavy atom. The number of aromatic nitrogens is 1. The van der Waals surface area contributed by atoms with Crippen LogP contribution in [-0.2, 0) is 0 Å². The Balaban J connectivity index is 2.10. The topological polar surface area (TPSA) is 44.9 Å². The molecule has 0 saturated carbocycles. The fraction of sp³-hybridized carbons (Fsp3) is 0.214. The summed E-state index contributed by atoms with van der Waals surface area (Å²) in [6.45, 7) is 2.38. The van der Waals surface area contributed by atoms with Crippen LogP contribution in [0.3, 0.4) is 0 Å². The van der Waals surface area contributed by atoms with Crippen molar-refractivity contribution >= 4 is 16.8 Å². The molecule has 1 amide bonds. The minimum atomic E-state index is -0.0552. The highest BCUT2D eigenvalue weighted by Crippen LogP contribution is 2.17. The third-order valence-electron chi connectivity index (χ3n) is 2.55. The fourth-order valence-electron chi connectivity index (χ4n) is 1.72. The van der Waals surface area contributed by atoms with Gasteiger partial charge in [0.2, 0.25) is 0 Å². The monoisotopic (exact) mass is 226 g/mol. The Labute approximate surface area is 100 Å². The summed E-state index contributed by atoms with van der Waals surface area (Å²) in [4.78, 5) is 15.0. The normalized spacial score (nSPS) is 9.71. The predicted octanol–water partition coefficient (Wildman–Crippen LogP) is 2.31. The highest BCUT2D eigenvalue weighted by molar-refractivity contribution is 6.06. The van der Waals surface area contributed by atoms with Gasteiger partial charge in [0.15, 0.2) is 0 Å². The van der Waals surface area contributed by atoms with Crippen LogP contribution in [0.25, 0.3) is 10.9 Å². The Kier molecular flexibility index (Phi) is 3.46. The van der Waals surface area contributed by atoms with Gasteiger partial charge in [0, 0.05) is 30.1 Å². The molecule has 0 aliphatic carbocycles. The Morgan fingerprint density at radius 3 is 3.06 bits per heavy atom. The number of carbonyl (C=O) groups is 1. The largest absolute Gasteiger partial charge is 0.360 e. The second kappa shape index (κ2) is 5.22. The number of nitrogens with one attached hydrogen (secondary N) is 2. The van der Waals surface area contributed by atoms with E-state index in [0.29, 0.717) is 18.5 Å². The van der Waals surface area contributed by atoms with Gasteiger partial charge in [0.25, 0.3) is 5.91 Å². The van der Waals surface area contributed by atoms with Gasteiger partial charge in [-0.1, -0.05) is 18.2 Å². The van der Waals surface area contributed by atoms with Crippen LogP contribution in [0.4, 0.5) is 0 Å². The Bertz CT molecular complexity index is 587. The van der Waals surface area contributed by atoms with Crippen molar-refractivity contribution in [2.45, 2.75) is 13.3 Å². The van der Waals surface area contributed by atoms with Crippen LogP contribution < -0.4 is 5.32 Å². The molecule has 2 rings (SSSR count). The van der Waals surface area contributed by atoms with Gasteiger partial charge in [0.05, 0.1) is 5.56 Å². The first-order chi connectivity index (χ1) is 8.33. The van der Waals surface area contributed by atoms with Gasteiger partial charge in [-0.05, 0) is 13.0 Å². The summed E-state index contributed by atoms with van der Waals surface area (Å²) < 4.78 is 0. The molecule has 86 valence electrons. The molecule has 17 heavy (non-hydrogen) atoms. The Morgan fingerprint density at radius 1 is 1.41 bits per heavy atom. The van der Waals surface area contributed by atoms with E-state index in [4.69, 9.17) is 0 Å². The molecule has 0 aliphatic heterocycles. The standard InChI is InChI=1S/C14H14N2O/c1-2-3-6-9-15-14(17)12-10-16-13-8-5-4-7-11(12)13/h4-5,7-8,10,16H,6,9H2,1H3,(H,15,17). The molecular formula is C14H14N2O. The molecule has 1 aromatic heterocycles. The summed E-state index contributed by atoms with van der Waals surface area (Å²) in [7, 11) is 0. The van der Waals surface area contributed by atoms with Crippen molar-refractivity contribution in [1.82, 2.24) is 10.3 Å². The lowest BCUT2D eigenvalue weighted by Crippen LogP contribution is -2.23. The zero-order chi connectivity index (χ0) is 12.1. The number of amides is 1. The molecule has 0 radical (unpaired) electrons. The first-order valence-electron chi connectivity index (χ1n) is 5.57. The number of hydrogen-bond donors (Lipinski definition) is 2. The van der Waals surface area contributed by atoms with Crippen LogP contribution in [0, 0.1) is 11.8 Å². The summed E-state index contributed by atoms with van der Waals surface area (Å²) in [5, 5.41) is 3.80. The molecule has 3 heteroatoms. The van der Waals surface area contributed by atoms with Crippen LogP contribution in [0.1, 0.15) is 23.7 Å². The molecule has 0 atom stereocenters. The lowest BCUT2D eigenvalue weighted by molar-refractivity contribution is 0.0956. The molecule has 2 aromatic rings. The van der Waals surface area contributed by atoms with E-state index in [1.165, 1.54) is 0 Å². The predicted molar refractivity (Wildman–Crippen MR) is 68.7 cm³/mol. The van der Waals surface area contributed by atoms with E-state index in [1.54, 1.807) is 13.1 Å². The van der Waals surface area contributed by atoms with E-state index < -0.39 is 0 Å². The van der Waals surface area contributed by atoms with Crippen molar-refractivity contribution in [3.8, 4) is 11.8 Å². The highest BCUT2D eigenvalue weighted by Gasteiger charge is 2.10. The third-order valence-corrected chi connectivity index (χ3v) is 2.55. The lowest BCUT2D eigenvalue weighted by Gasteiger charge is -2.01. The number of rotatable bonds is 3. The van der Waals surface area contributed by atoms with E-state index in [-0.39, 0.29) is 5.91 Å². The van der Waals surface area contributed by atoms with Crippen LogP contribution in [0.2, 0.25) is 0 Å². The van der Waals surface area contributed by atoms with Crippen LogP contribution in [-0.4, -0.2) is 17.4 Å². The maximum atomic E-state index is 11.9. The summed E-state index contributed by atoms with van der Waals surface area (Å²) in [6.07, 6.45) is 2.43. The fourth-order valence-corrected chi connectivity index (χ4v) is 1.72. The van der Waals surface area contributed by atoms with Crippen LogP contribution in [0.15, 0.2) is 30.5 Å². The Hall–Kier alpha value is -2.21. The second-order valence-electron chi connectivity index (χ2n) is 3.68. The second-order valence-corrected chi connectivity index (χ2v) is 3.68. The number of aromatic amines is 1. The molecule has 1 heterocycles. The van der Waals surface area contributed by atoms with Crippen molar-refractivity contribution in [2.75, 3.05) is 6.54 Å². The summed E-state index contributed by atoms with van der Waals surface area (Å²) in [5.41, 5.74) is 1.66. The van der Waals surface area contributed by atoms with Gasteiger partial charge < -0.3 is 10.3 Å². The average Bonchev–Trinajstić information content (AvgIpc) is 2.78. The molecule has 0 bridgehead atoms. The van der Waals surface area contributed by atoms with Gasteiger partial charge in [0.1, 0.15) is 0 Å². The van der Waals surface area contributed by atoms with Gasteiger partial charge in [-0.2, -0.15) is 0 Å². The number of fused-ring (bicyclic) bond motifs is 1. The molecule has 0 fully saturated rings. The number of H-pyrrole nitrogens is 1. The van der Waals surface area contributed by atoms with E-state index in [0.717, 1.165) is 10.9 Å². The maximum absolute atomic E-state index is 11.9. The molecule has 0 aliphatic rings. The third kappa shape index (κ3) is 2.48. The first-order valence-corrected chi connectivity index (χ1v) is 5.57. The lowest BCUT2D eigenvalue weighted by atomic mass is 10.1. The molecule has 0 unspecified atom stereocenters. The van der Waals surface area contributed by atoms with Gasteiger partial charge in [-0.3, -0.25) is 4.79 Å². The number of carbonyl (C=O) groups excluding carboxylic acids is 1. The van der Waals surface area contributed by atoms with Gasteiger partial charge in [-0.15, -0.1) is 11.8 Å². The number of para-hydroxylation sites is 1. The maximum Gasteiger partial charge on any atom is 0.253 e. The van der Waals surface area contributed by atoms with E-state index in [2.05, 4.69) is 22.1 Å². The molecule has 0 spiro atoms. The average molecular weight is 226 g/mol. The van der Waals surface area contributed by atoms with Crippen molar-refractivity contribution in [2.24, 2.45) is 0 Å². The van der Waals surface area contributed by atoms with Crippen molar-refractivity contribution in [1.29, 1.82) is 0 Å². The van der Waals surface area contributed by atoms with E-state index >= 15 is 0 Å². The van der Waals surface area contributed by atoms with Crippen LogP contribution in [0.5, 0.6) is 0 Å². The van der Waals surface area contributed by atoms with E-state index in [1.807, 2.05) is 24.3 Å². The van der Waals surface area contributed by atoms with Crippen molar-refractivity contribution in [3.05, 3.63) is 36.0 Å². The zero-order valence-electron chi connectivity index (χ0n) is 9.71. The van der Waals surface area contributed by atoms with E-state index in [9.17, 15) is 4.79 Å². The molecule has 0 saturated heterocycles. The number of benzene rings is 1. The summed E-state index contributed by atoms with van der Waals surface area (Å²) >= 11 is 0. The summed E-state index contributed by atoms with van der Waals surface area (Å²) in [5.74, 6) is 5.66. The minimum absolute atomic E-state index is 0.0552. The highest BCUT2D eigenvalue weighted by atomic mass is 16.1. The van der Waals surface area contributed by atoms with Crippen molar-refractivity contribution < 1.29 is 4.79 Å². The number of hydrogen-bond acceptors (Lipinski definition) is 1. The van der Waals surface area contributed by atoms with Gasteiger partial charge in [-0.25, -0.2) is 0 Å². The molecule has 3 nitrogen and oxygen atoms in total. The SMILES string of the molecule is CC#CCCNC(=O)c1c[nH]c2ccccc12. The molecule has 1 aromatic carbocycles. The minimum Gasteiger partial charge on any atom is -0.360 e. The zero-order valence-corrected chi connectivity index (χ0v) is 9.71. The van der Waals surface area contributed by atoms with Crippen LogP contribution >= 0.6 is 0 Å². The molecular weight excluding hydrogens is 212 g/mol. The smallest absolute Gasteiger partial charge is 0.253 e. The molecule has 2 N–H and O–H groups in total. The van der Waals surface area contributed by atoms with Crippen molar-refractivity contribution in [3.63, 3.8) is 0 Å².